The van der Waals surface area contributed by atoms with Gasteiger partial charge in [-0.15, -0.1) is 0 Å². The molecule has 24 heavy (non-hydrogen) atoms. The zero-order chi connectivity index (χ0) is 16.8. The van der Waals surface area contributed by atoms with Crippen molar-refractivity contribution in [1.29, 1.82) is 0 Å². The summed E-state index contributed by atoms with van der Waals surface area (Å²) in [6.07, 6.45) is 3.67. The van der Waals surface area contributed by atoms with Gasteiger partial charge in [0.05, 0.1) is 17.0 Å². The van der Waals surface area contributed by atoms with Gasteiger partial charge in [0.15, 0.2) is 5.65 Å². The molecule has 0 atom stereocenters. The Labute approximate surface area is 138 Å². The summed E-state index contributed by atoms with van der Waals surface area (Å²) in [6, 6.07) is 6.56. The molecule has 6 heteroatoms. The smallest absolute Gasteiger partial charge is 0.254 e. The third kappa shape index (κ3) is 2.44. The van der Waals surface area contributed by atoms with Crippen LogP contribution in [0.15, 0.2) is 30.5 Å². The number of carbonyl (C=O) groups excluding carboxylic acids is 1. The number of fused-ring (bicyclic) bond motifs is 1. The van der Waals surface area contributed by atoms with Crippen LogP contribution in [0.25, 0.3) is 16.8 Å². The molecule has 1 N–H and O–H groups in total. The minimum Gasteiger partial charge on any atom is -0.349 e. The van der Waals surface area contributed by atoms with Crippen molar-refractivity contribution in [2.45, 2.75) is 32.7 Å². The average molecular weight is 324 g/mol. The highest BCUT2D eigenvalue weighted by Gasteiger charge is 2.25. The third-order valence-electron chi connectivity index (χ3n) is 4.35. The van der Waals surface area contributed by atoms with E-state index in [4.69, 9.17) is 0 Å². The van der Waals surface area contributed by atoms with Crippen LogP contribution in [0.4, 0.5) is 4.39 Å². The predicted octanol–water partition coefficient (Wildman–Crippen LogP) is 3.04. The van der Waals surface area contributed by atoms with E-state index in [1.807, 2.05) is 13.8 Å². The van der Waals surface area contributed by atoms with Crippen LogP contribution < -0.4 is 5.32 Å². The first kappa shape index (κ1) is 14.8. The topological polar surface area (TPSA) is 59.3 Å². The molecule has 0 unspecified atom stereocenters. The molecule has 0 bridgehead atoms. The SMILES string of the molecule is Cc1nn2c(C)c(C(=O)NC3CC3)cnc2c1-c1ccc(F)cc1. The second kappa shape index (κ2) is 5.40. The summed E-state index contributed by atoms with van der Waals surface area (Å²) in [5.41, 5.74) is 4.44. The maximum atomic E-state index is 13.2. The van der Waals surface area contributed by atoms with Gasteiger partial charge in [-0.25, -0.2) is 13.9 Å². The van der Waals surface area contributed by atoms with Crippen LogP contribution in [-0.2, 0) is 0 Å². The summed E-state index contributed by atoms with van der Waals surface area (Å²) in [4.78, 5) is 16.8. The van der Waals surface area contributed by atoms with Gasteiger partial charge in [-0.3, -0.25) is 4.79 Å². The Balaban J connectivity index is 1.82. The van der Waals surface area contributed by atoms with Gasteiger partial charge in [-0.1, -0.05) is 12.1 Å². The van der Waals surface area contributed by atoms with Gasteiger partial charge in [0.25, 0.3) is 5.91 Å². The summed E-state index contributed by atoms with van der Waals surface area (Å²) >= 11 is 0. The molecule has 1 saturated carbocycles. The first-order valence-electron chi connectivity index (χ1n) is 7.96. The van der Waals surface area contributed by atoms with Gasteiger partial charge in [-0.2, -0.15) is 5.10 Å². The van der Waals surface area contributed by atoms with Crippen molar-refractivity contribution in [2.24, 2.45) is 0 Å². The molecule has 0 spiro atoms. The van der Waals surface area contributed by atoms with Crippen LogP contribution in [0.2, 0.25) is 0 Å². The second-order valence-corrected chi connectivity index (χ2v) is 6.21. The van der Waals surface area contributed by atoms with Gasteiger partial charge in [0, 0.05) is 17.8 Å². The van der Waals surface area contributed by atoms with Crippen molar-refractivity contribution in [3.05, 3.63) is 53.2 Å². The summed E-state index contributed by atoms with van der Waals surface area (Å²) in [6.45, 7) is 3.74. The second-order valence-electron chi connectivity index (χ2n) is 6.21. The molecular weight excluding hydrogens is 307 g/mol. The summed E-state index contributed by atoms with van der Waals surface area (Å²) < 4.78 is 14.9. The van der Waals surface area contributed by atoms with Crippen LogP contribution in [0.5, 0.6) is 0 Å². The largest absolute Gasteiger partial charge is 0.349 e. The third-order valence-corrected chi connectivity index (χ3v) is 4.35. The highest BCUT2D eigenvalue weighted by atomic mass is 19.1. The Kier molecular flexibility index (Phi) is 3.33. The van der Waals surface area contributed by atoms with Crippen molar-refractivity contribution in [3.8, 4) is 11.1 Å². The Hall–Kier alpha value is -2.76. The van der Waals surface area contributed by atoms with Crippen LogP contribution >= 0.6 is 0 Å². The zero-order valence-electron chi connectivity index (χ0n) is 13.5. The standard InChI is InChI=1S/C18H17FN4O/c1-10-16(12-3-5-13(19)6-4-12)17-20-9-15(11(2)23(17)22-10)18(24)21-14-7-8-14/h3-6,9,14H,7-8H2,1-2H3,(H,21,24). The van der Waals surface area contributed by atoms with E-state index in [1.165, 1.54) is 12.1 Å². The predicted molar refractivity (Wildman–Crippen MR) is 88.3 cm³/mol. The van der Waals surface area contributed by atoms with E-state index >= 15 is 0 Å². The van der Waals surface area contributed by atoms with E-state index < -0.39 is 0 Å². The van der Waals surface area contributed by atoms with Gasteiger partial charge in [0.1, 0.15) is 5.82 Å². The van der Waals surface area contributed by atoms with Crippen LogP contribution in [-0.4, -0.2) is 26.5 Å². The van der Waals surface area contributed by atoms with Crippen molar-refractivity contribution >= 4 is 11.6 Å². The van der Waals surface area contributed by atoms with E-state index in [1.54, 1.807) is 22.8 Å². The van der Waals surface area contributed by atoms with Gasteiger partial charge in [0.2, 0.25) is 0 Å². The Morgan fingerprint density at radius 2 is 1.96 bits per heavy atom. The highest BCUT2D eigenvalue weighted by Crippen LogP contribution is 2.28. The number of benzene rings is 1. The molecule has 0 saturated heterocycles. The maximum absolute atomic E-state index is 13.2. The number of amides is 1. The van der Waals surface area contributed by atoms with Gasteiger partial charge < -0.3 is 5.32 Å². The fourth-order valence-electron chi connectivity index (χ4n) is 2.87. The molecular formula is C18H17FN4O. The first-order valence-corrected chi connectivity index (χ1v) is 7.96. The average Bonchev–Trinajstić information content (AvgIpc) is 3.30. The number of hydrogen-bond donors (Lipinski definition) is 1. The Bertz CT molecular complexity index is 942. The molecule has 5 nitrogen and oxygen atoms in total. The monoisotopic (exact) mass is 324 g/mol. The summed E-state index contributed by atoms with van der Waals surface area (Å²) in [5.74, 6) is -0.392. The number of halogens is 1. The number of nitrogens with one attached hydrogen (secondary N) is 1. The zero-order valence-corrected chi connectivity index (χ0v) is 13.5. The number of rotatable bonds is 3. The van der Waals surface area contributed by atoms with Crippen molar-refractivity contribution in [3.63, 3.8) is 0 Å². The van der Waals surface area contributed by atoms with E-state index in [0.717, 1.165) is 35.4 Å². The Morgan fingerprint density at radius 1 is 1.25 bits per heavy atom. The molecule has 2 aromatic heterocycles. The van der Waals surface area contributed by atoms with E-state index in [0.29, 0.717) is 17.3 Å². The lowest BCUT2D eigenvalue weighted by molar-refractivity contribution is 0.0949. The molecule has 3 aromatic rings. The Morgan fingerprint density at radius 3 is 2.62 bits per heavy atom. The molecule has 4 rings (SSSR count). The number of aryl methyl sites for hydroxylation is 2. The molecule has 0 radical (unpaired) electrons. The quantitative estimate of drug-likeness (QED) is 0.805. The van der Waals surface area contributed by atoms with Crippen molar-refractivity contribution in [2.75, 3.05) is 0 Å². The molecule has 1 fully saturated rings. The fourth-order valence-corrected chi connectivity index (χ4v) is 2.87. The lowest BCUT2D eigenvalue weighted by Crippen LogP contribution is -2.27. The number of nitrogens with zero attached hydrogens (tertiary/aromatic N) is 3. The normalized spacial score (nSPS) is 14.1. The summed E-state index contributed by atoms with van der Waals surface area (Å²) in [5, 5.41) is 7.50. The van der Waals surface area contributed by atoms with Gasteiger partial charge >= 0.3 is 0 Å². The van der Waals surface area contributed by atoms with Crippen LogP contribution in [0.3, 0.4) is 0 Å². The fraction of sp³-hybridized carbons (Fsp3) is 0.278. The minimum atomic E-state index is -0.281. The van der Waals surface area contributed by atoms with Crippen molar-refractivity contribution in [1.82, 2.24) is 19.9 Å². The number of carbonyl (C=O) groups is 1. The number of hydrogen-bond acceptors (Lipinski definition) is 3. The maximum Gasteiger partial charge on any atom is 0.254 e. The van der Waals surface area contributed by atoms with Gasteiger partial charge in [-0.05, 0) is 44.4 Å². The summed E-state index contributed by atoms with van der Waals surface area (Å²) in [7, 11) is 0. The molecule has 2 heterocycles. The molecule has 1 aliphatic carbocycles. The molecule has 1 aliphatic rings. The molecule has 122 valence electrons. The van der Waals surface area contributed by atoms with Crippen molar-refractivity contribution < 1.29 is 9.18 Å². The minimum absolute atomic E-state index is 0.110. The number of aromatic nitrogens is 3. The molecule has 0 aliphatic heterocycles. The van der Waals surface area contributed by atoms with E-state index in [2.05, 4.69) is 15.4 Å². The van der Waals surface area contributed by atoms with Crippen LogP contribution in [0.1, 0.15) is 34.6 Å². The molecule has 1 amide bonds. The first-order chi connectivity index (χ1) is 11.5. The van der Waals surface area contributed by atoms with Crippen LogP contribution in [0, 0.1) is 19.7 Å². The van der Waals surface area contributed by atoms with E-state index in [-0.39, 0.29) is 11.7 Å². The molecule has 1 aromatic carbocycles. The highest BCUT2D eigenvalue weighted by molar-refractivity contribution is 5.96. The van der Waals surface area contributed by atoms with E-state index in [9.17, 15) is 9.18 Å². The lowest BCUT2D eigenvalue weighted by Gasteiger charge is -2.08. The lowest BCUT2D eigenvalue weighted by atomic mass is 10.1.